The quantitative estimate of drug-likeness (QED) is 0.805. The smallest absolute Gasteiger partial charge is 0.319 e. The van der Waals surface area contributed by atoms with Crippen LogP contribution in [0.15, 0.2) is 48.5 Å². The highest BCUT2D eigenvalue weighted by Crippen LogP contribution is 2.24. The van der Waals surface area contributed by atoms with Crippen LogP contribution in [0.5, 0.6) is 0 Å². The summed E-state index contributed by atoms with van der Waals surface area (Å²) < 4.78 is 5.50. The van der Waals surface area contributed by atoms with Gasteiger partial charge in [-0.3, -0.25) is 4.90 Å². The Bertz CT molecular complexity index is 753. The van der Waals surface area contributed by atoms with Gasteiger partial charge in [-0.2, -0.15) is 0 Å². The molecule has 6 heteroatoms. The number of urea groups is 1. The zero-order valence-corrected chi connectivity index (χ0v) is 16.9. The van der Waals surface area contributed by atoms with Crippen molar-refractivity contribution in [1.29, 1.82) is 0 Å². The van der Waals surface area contributed by atoms with Crippen LogP contribution in [0, 0.1) is 6.92 Å². The molecule has 0 aromatic heterocycles. The van der Waals surface area contributed by atoms with Crippen molar-refractivity contribution < 1.29 is 9.53 Å². The Hall–Kier alpha value is -2.57. The maximum absolute atomic E-state index is 12.4. The fraction of sp³-hybridized carbons (Fsp3) is 0.409. The minimum atomic E-state index is -0.188. The lowest BCUT2D eigenvalue weighted by Gasteiger charge is -2.35. The lowest BCUT2D eigenvalue weighted by Crippen LogP contribution is -2.44. The summed E-state index contributed by atoms with van der Waals surface area (Å²) in [5, 5.41) is 5.94. The third-order valence-corrected chi connectivity index (χ3v) is 5.05. The van der Waals surface area contributed by atoms with E-state index in [4.69, 9.17) is 4.74 Å². The Morgan fingerprint density at radius 3 is 2.32 bits per heavy atom. The zero-order chi connectivity index (χ0) is 19.9. The highest BCUT2D eigenvalue weighted by Gasteiger charge is 2.23. The summed E-state index contributed by atoms with van der Waals surface area (Å²) in [5.41, 5.74) is 4.32. The second kappa shape index (κ2) is 9.57. The minimum absolute atomic E-state index is 0.115. The molecule has 0 bridgehead atoms. The van der Waals surface area contributed by atoms with Crippen LogP contribution >= 0.6 is 0 Å². The Kier molecular flexibility index (Phi) is 6.90. The molecule has 2 N–H and O–H groups in total. The van der Waals surface area contributed by atoms with Crippen LogP contribution in [0.1, 0.15) is 17.2 Å². The van der Waals surface area contributed by atoms with Crippen molar-refractivity contribution in [2.45, 2.75) is 13.0 Å². The number of morpholine rings is 1. The predicted octanol–water partition coefficient (Wildman–Crippen LogP) is 3.26. The molecule has 1 atom stereocenters. The van der Waals surface area contributed by atoms with Crippen molar-refractivity contribution >= 4 is 17.4 Å². The molecule has 6 nitrogen and oxygen atoms in total. The summed E-state index contributed by atoms with van der Waals surface area (Å²) in [7, 11) is 4.07. The number of rotatable bonds is 6. The fourth-order valence-electron chi connectivity index (χ4n) is 3.34. The molecule has 1 saturated heterocycles. The number of nitrogens with zero attached hydrogens (tertiary/aromatic N) is 2. The molecule has 150 valence electrons. The van der Waals surface area contributed by atoms with Crippen LogP contribution in [0.25, 0.3) is 0 Å². The average Bonchev–Trinajstić information content (AvgIpc) is 2.71. The van der Waals surface area contributed by atoms with E-state index in [-0.39, 0.29) is 12.1 Å². The topological polar surface area (TPSA) is 56.8 Å². The predicted molar refractivity (Wildman–Crippen MR) is 114 cm³/mol. The zero-order valence-electron chi connectivity index (χ0n) is 16.9. The monoisotopic (exact) mass is 382 g/mol. The van der Waals surface area contributed by atoms with Gasteiger partial charge in [0, 0.05) is 45.1 Å². The molecule has 0 aliphatic carbocycles. The van der Waals surface area contributed by atoms with Crippen LogP contribution < -0.4 is 15.5 Å². The van der Waals surface area contributed by atoms with Gasteiger partial charge in [-0.1, -0.05) is 29.8 Å². The molecule has 1 aliphatic heterocycles. The van der Waals surface area contributed by atoms with Crippen molar-refractivity contribution in [3.05, 3.63) is 59.7 Å². The lowest BCUT2D eigenvalue weighted by molar-refractivity contribution is 0.0168. The molecule has 0 saturated carbocycles. The van der Waals surface area contributed by atoms with Crippen LogP contribution in [0.3, 0.4) is 0 Å². The molecule has 2 amide bonds. The first kappa shape index (κ1) is 20.2. The normalized spacial score (nSPS) is 15.7. The standard InChI is InChI=1S/C22H30N4O2/c1-17-4-8-19(9-5-17)24-22(27)23-16-21(26-12-14-28-15-13-26)18-6-10-20(11-7-18)25(2)3/h4-11,21H,12-16H2,1-3H3,(H2,23,24,27)/t21-/m1/s1. The first-order valence-electron chi connectivity index (χ1n) is 9.73. The van der Waals surface area contributed by atoms with Gasteiger partial charge >= 0.3 is 6.03 Å². The van der Waals surface area contributed by atoms with Gasteiger partial charge in [0.25, 0.3) is 0 Å². The Morgan fingerprint density at radius 2 is 1.71 bits per heavy atom. The number of amides is 2. The van der Waals surface area contributed by atoms with Gasteiger partial charge < -0.3 is 20.3 Å². The number of hydrogen-bond acceptors (Lipinski definition) is 4. The second-order valence-corrected chi connectivity index (χ2v) is 7.35. The van der Waals surface area contributed by atoms with E-state index >= 15 is 0 Å². The Morgan fingerprint density at radius 1 is 1.07 bits per heavy atom. The number of hydrogen-bond donors (Lipinski definition) is 2. The summed E-state index contributed by atoms with van der Waals surface area (Å²) in [6, 6.07) is 16.3. The number of anilines is 2. The van der Waals surface area contributed by atoms with E-state index in [0.717, 1.165) is 37.7 Å². The molecule has 0 radical (unpaired) electrons. The van der Waals surface area contributed by atoms with Crippen molar-refractivity contribution in [3.8, 4) is 0 Å². The molecule has 1 heterocycles. The van der Waals surface area contributed by atoms with E-state index in [0.29, 0.717) is 6.54 Å². The van der Waals surface area contributed by atoms with Crippen molar-refractivity contribution in [3.63, 3.8) is 0 Å². The third kappa shape index (κ3) is 5.47. The third-order valence-electron chi connectivity index (χ3n) is 5.05. The maximum Gasteiger partial charge on any atom is 0.319 e. The van der Waals surface area contributed by atoms with E-state index in [1.807, 2.05) is 45.3 Å². The summed E-state index contributed by atoms with van der Waals surface area (Å²) in [5.74, 6) is 0. The Balaban J connectivity index is 1.66. The number of benzene rings is 2. The first-order chi connectivity index (χ1) is 13.5. The van der Waals surface area contributed by atoms with Gasteiger partial charge in [-0.05, 0) is 36.8 Å². The molecule has 1 fully saturated rings. The number of carbonyl (C=O) groups excluding carboxylic acids is 1. The van der Waals surface area contributed by atoms with Gasteiger partial charge in [-0.25, -0.2) is 4.79 Å². The van der Waals surface area contributed by atoms with E-state index in [9.17, 15) is 4.79 Å². The molecule has 0 unspecified atom stereocenters. The molecule has 0 spiro atoms. The van der Waals surface area contributed by atoms with Gasteiger partial charge in [0.2, 0.25) is 0 Å². The van der Waals surface area contributed by atoms with Gasteiger partial charge in [-0.15, -0.1) is 0 Å². The maximum atomic E-state index is 12.4. The largest absolute Gasteiger partial charge is 0.379 e. The van der Waals surface area contributed by atoms with E-state index < -0.39 is 0 Å². The number of carbonyl (C=O) groups is 1. The molecule has 1 aliphatic rings. The highest BCUT2D eigenvalue weighted by atomic mass is 16.5. The minimum Gasteiger partial charge on any atom is -0.379 e. The second-order valence-electron chi connectivity index (χ2n) is 7.35. The van der Waals surface area contributed by atoms with E-state index in [2.05, 4.69) is 44.7 Å². The molecule has 2 aromatic rings. The van der Waals surface area contributed by atoms with Crippen LogP contribution in [0.2, 0.25) is 0 Å². The van der Waals surface area contributed by atoms with Crippen LogP contribution in [0.4, 0.5) is 16.2 Å². The number of aryl methyl sites for hydroxylation is 1. The Labute approximate surface area is 167 Å². The summed E-state index contributed by atoms with van der Waals surface area (Å²) in [4.78, 5) is 16.8. The van der Waals surface area contributed by atoms with Crippen molar-refractivity contribution in [2.75, 3.05) is 57.2 Å². The summed E-state index contributed by atoms with van der Waals surface area (Å²) in [6.07, 6.45) is 0. The van der Waals surface area contributed by atoms with Crippen molar-refractivity contribution in [2.24, 2.45) is 0 Å². The average molecular weight is 383 g/mol. The van der Waals surface area contributed by atoms with Crippen molar-refractivity contribution in [1.82, 2.24) is 10.2 Å². The number of ether oxygens (including phenoxy) is 1. The first-order valence-corrected chi connectivity index (χ1v) is 9.73. The fourth-order valence-corrected chi connectivity index (χ4v) is 3.34. The molecular weight excluding hydrogens is 352 g/mol. The van der Waals surface area contributed by atoms with Gasteiger partial charge in [0.1, 0.15) is 0 Å². The van der Waals surface area contributed by atoms with Gasteiger partial charge in [0.15, 0.2) is 0 Å². The summed E-state index contributed by atoms with van der Waals surface area (Å²) >= 11 is 0. The van der Waals surface area contributed by atoms with Gasteiger partial charge in [0.05, 0.1) is 19.3 Å². The molecule has 2 aromatic carbocycles. The number of nitrogens with one attached hydrogen (secondary N) is 2. The lowest BCUT2D eigenvalue weighted by atomic mass is 10.0. The SMILES string of the molecule is Cc1ccc(NC(=O)NC[C@H](c2ccc(N(C)C)cc2)N2CCOCC2)cc1. The van der Waals surface area contributed by atoms with Crippen LogP contribution in [-0.4, -0.2) is 57.9 Å². The highest BCUT2D eigenvalue weighted by molar-refractivity contribution is 5.89. The summed E-state index contributed by atoms with van der Waals surface area (Å²) in [6.45, 7) is 5.74. The molecule has 28 heavy (non-hydrogen) atoms. The molecule has 3 rings (SSSR count). The van der Waals surface area contributed by atoms with E-state index in [1.54, 1.807) is 0 Å². The van der Waals surface area contributed by atoms with Crippen LogP contribution in [-0.2, 0) is 4.74 Å². The van der Waals surface area contributed by atoms with E-state index in [1.165, 1.54) is 11.1 Å². The molecular formula is C22H30N4O2.